The zero-order valence-electron chi connectivity index (χ0n) is 13.1. The van der Waals surface area contributed by atoms with E-state index in [1.807, 2.05) is 0 Å². The Morgan fingerprint density at radius 3 is 0.926 bits per heavy atom. The largest absolute Gasteiger partial charge is 0.550 e. The molecule has 0 saturated heterocycles. The minimum Gasteiger partial charge on any atom is -0.550 e. The SMILES string of the molecule is O=C([O-])CC(O)(CC(=O)O)C(=O)[O-].O=C([O-])CC(O)(CC(=O)O)C(=O)[O-].[Pu]. The molecule has 0 amide bonds. The maximum absolute atomic E-state index is 10.2. The molecule has 0 bridgehead atoms. The van der Waals surface area contributed by atoms with Gasteiger partial charge in [0.15, 0.2) is 0 Å². The van der Waals surface area contributed by atoms with E-state index in [1.165, 1.54) is 0 Å². The van der Waals surface area contributed by atoms with Gasteiger partial charge < -0.3 is 60.0 Å². The van der Waals surface area contributed by atoms with Gasteiger partial charge in [-0.1, -0.05) is 0 Å². The van der Waals surface area contributed by atoms with Crippen molar-refractivity contribution in [3.8, 4) is 0 Å². The molecule has 0 aliphatic carbocycles. The topological polar surface area (TPSA) is 276 Å². The molecule has 15 heteroatoms. The van der Waals surface area contributed by atoms with Crippen LogP contribution in [0.15, 0.2) is 0 Å². The van der Waals surface area contributed by atoms with Gasteiger partial charge in [-0.15, -0.1) is 0 Å². The molecule has 0 heterocycles. The van der Waals surface area contributed by atoms with Crippen LogP contribution >= 0.6 is 0 Å². The van der Waals surface area contributed by atoms with Crippen LogP contribution in [0.1, 0.15) is 25.7 Å². The molecule has 0 aromatic heterocycles. The van der Waals surface area contributed by atoms with Crippen molar-refractivity contribution in [2.24, 2.45) is 0 Å². The van der Waals surface area contributed by atoms with Gasteiger partial charge in [0, 0.05) is 54.0 Å². The summed E-state index contributed by atoms with van der Waals surface area (Å²) in [6, 6.07) is 0. The molecule has 14 nitrogen and oxygen atoms in total. The van der Waals surface area contributed by atoms with Gasteiger partial charge in [-0.3, -0.25) is 9.59 Å². The van der Waals surface area contributed by atoms with Crippen LogP contribution in [0, 0.1) is 29.2 Å². The third-order valence-electron chi connectivity index (χ3n) is 2.52. The summed E-state index contributed by atoms with van der Waals surface area (Å²) in [6.07, 6.45) is -5.13. The zero-order valence-corrected chi connectivity index (χ0v) is 16.5. The van der Waals surface area contributed by atoms with Crippen LogP contribution in [0.3, 0.4) is 0 Å². The normalized spacial score (nSPS) is 14.0. The van der Waals surface area contributed by atoms with E-state index in [9.17, 15) is 49.2 Å². The van der Waals surface area contributed by atoms with Crippen molar-refractivity contribution in [1.29, 1.82) is 0 Å². The first-order valence-electron chi connectivity index (χ1n) is 6.26. The summed E-state index contributed by atoms with van der Waals surface area (Å²) in [7, 11) is 0. The molecule has 0 fully saturated rings. The first kappa shape index (κ1) is 29.5. The van der Waals surface area contributed by atoms with Crippen LogP contribution in [-0.2, 0) is 28.8 Å². The molecule has 0 aliphatic heterocycles. The number of aliphatic carboxylic acids is 6. The van der Waals surface area contributed by atoms with E-state index >= 15 is 0 Å². The van der Waals surface area contributed by atoms with Gasteiger partial charge >= 0.3 is 11.9 Å². The Labute approximate surface area is 171 Å². The Hall–Kier alpha value is -2.27. The molecule has 4 N–H and O–H groups in total. The smallest absolute Gasteiger partial charge is 0.306 e. The van der Waals surface area contributed by atoms with Crippen molar-refractivity contribution in [3.63, 3.8) is 0 Å². The second-order valence-electron chi connectivity index (χ2n) is 4.88. The van der Waals surface area contributed by atoms with Crippen LogP contribution in [0.25, 0.3) is 0 Å². The monoisotopic (exact) mass is 618 g/mol. The number of carbonyl (C=O) groups is 6. The maximum Gasteiger partial charge on any atom is 0.306 e. The Morgan fingerprint density at radius 2 is 0.815 bits per heavy atom. The minimum absolute atomic E-state index is 0. The van der Waals surface area contributed by atoms with Crippen molar-refractivity contribution in [2.45, 2.75) is 36.9 Å². The van der Waals surface area contributed by atoms with Crippen LogP contribution in [0.2, 0.25) is 0 Å². The fourth-order valence-corrected chi connectivity index (χ4v) is 1.39. The first-order chi connectivity index (χ1) is 11.6. The fourth-order valence-electron chi connectivity index (χ4n) is 1.39. The second-order valence-corrected chi connectivity index (χ2v) is 4.88. The fraction of sp³-hybridized carbons (Fsp3) is 0.500. The van der Waals surface area contributed by atoms with Gasteiger partial charge in [0.1, 0.15) is 11.2 Å². The third kappa shape index (κ3) is 12.7. The molecule has 0 spiro atoms. The average Bonchev–Trinajstić information content (AvgIpc) is 2.34. The number of carboxylic acids is 6. The molecule has 2 atom stereocenters. The van der Waals surface area contributed by atoms with Gasteiger partial charge in [-0.05, 0) is 0 Å². The number of hydrogen-bond acceptors (Lipinski definition) is 12. The van der Waals surface area contributed by atoms with Crippen LogP contribution < -0.4 is 20.4 Å². The number of carboxylic acid groups (broad SMARTS) is 6. The van der Waals surface area contributed by atoms with Gasteiger partial charge in [0.05, 0.1) is 24.8 Å². The first-order valence-corrected chi connectivity index (χ1v) is 6.26. The molecular weight excluding hydrogens is 612 g/mol. The molecule has 0 rings (SSSR count). The third-order valence-corrected chi connectivity index (χ3v) is 2.52. The summed E-state index contributed by atoms with van der Waals surface area (Å²) in [4.78, 5) is 60.3. The van der Waals surface area contributed by atoms with Crippen molar-refractivity contribution in [3.05, 3.63) is 0 Å². The summed E-state index contributed by atoms with van der Waals surface area (Å²) >= 11 is 0. The predicted octanol–water partition coefficient (Wildman–Crippen LogP) is -7.84. The van der Waals surface area contributed by atoms with E-state index in [4.69, 9.17) is 20.4 Å². The van der Waals surface area contributed by atoms with Gasteiger partial charge in [-0.2, -0.15) is 0 Å². The van der Waals surface area contributed by atoms with Crippen LogP contribution in [0.5, 0.6) is 0 Å². The molecule has 0 radical (unpaired) electrons. The van der Waals surface area contributed by atoms with Gasteiger partial charge in [0.25, 0.3) is 0 Å². The van der Waals surface area contributed by atoms with Crippen LogP contribution in [-0.4, -0.2) is 67.4 Å². The zero-order chi connectivity index (χ0) is 21.3. The Morgan fingerprint density at radius 1 is 0.593 bits per heavy atom. The van der Waals surface area contributed by atoms with E-state index in [2.05, 4.69) is 0 Å². The molecule has 0 aromatic rings. The van der Waals surface area contributed by atoms with Crippen molar-refractivity contribution in [2.75, 3.05) is 0 Å². The van der Waals surface area contributed by atoms with Crippen molar-refractivity contribution in [1.82, 2.24) is 0 Å². The van der Waals surface area contributed by atoms with Crippen LogP contribution in [0.4, 0.5) is 0 Å². The van der Waals surface area contributed by atoms with E-state index < -0.39 is 72.7 Å². The van der Waals surface area contributed by atoms with E-state index in [0.29, 0.717) is 0 Å². The van der Waals surface area contributed by atoms with Crippen molar-refractivity contribution >= 4 is 35.8 Å². The number of aliphatic hydroxyl groups is 2. The summed E-state index contributed by atoms with van der Waals surface area (Å²) in [5, 5.41) is 74.5. The van der Waals surface area contributed by atoms with E-state index in [0.717, 1.165) is 0 Å². The molecule has 27 heavy (non-hydrogen) atoms. The maximum atomic E-state index is 10.2. The molecule has 0 aromatic carbocycles. The Kier molecular flexibility index (Phi) is 13.3. The minimum atomic E-state index is -2.91. The second kappa shape index (κ2) is 12.2. The van der Waals surface area contributed by atoms with E-state index in [1.54, 1.807) is 0 Å². The molecular formula is C12H12O14Pu-4. The summed E-state index contributed by atoms with van der Waals surface area (Å²) in [6.45, 7) is 0. The van der Waals surface area contributed by atoms with Gasteiger partial charge in [0.2, 0.25) is 0 Å². The quantitative estimate of drug-likeness (QED) is 0.176. The van der Waals surface area contributed by atoms with Crippen molar-refractivity contribution < 1.29 is 98.8 Å². The summed E-state index contributed by atoms with van der Waals surface area (Å²) in [5.41, 5.74) is -5.82. The summed E-state index contributed by atoms with van der Waals surface area (Å²) < 4.78 is 0. The Balaban J connectivity index is -0.000000411. The number of carbonyl (C=O) groups excluding carboxylic acids is 4. The number of rotatable bonds is 10. The number of hydrogen-bond donors (Lipinski definition) is 4. The average molecular weight is 624 g/mol. The Bertz CT molecular complexity index is 513. The predicted molar refractivity (Wildman–Crippen MR) is 63.7 cm³/mol. The van der Waals surface area contributed by atoms with E-state index in [-0.39, 0.29) is 29.2 Å². The van der Waals surface area contributed by atoms with Gasteiger partial charge in [-0.25, -0.2) is 0 Å². The molecule has 154 valence electrons. The summed E-state index contributed by atoms with van der Waals surface area (Å²) in [5.74, 6) is -11.3. The molecule has 0 aliphatic rings. The standard InChI is InChI=1S/2C6H8O7.Pu/c2*7-3(8)1-6(13,5(11)12)2-4(9)10;/h2*13H,1-2H2,(H,7,8)(H,9,10)(H,11,12);/p-4. The molecule has 2 unspecified atom stereocenters. The molecule has 0 saturated carbocycles.